The van der Waals surface area contributed by atoms with Crippen LogP contribution in [0.15, 0.2) is 0 Å². The van der Waals surface area contributed by atoms with Gasteiger partial charge in [0.1, 0.15) is 6.20 Å². The quantitative estimate of drug-likeness (QED) is 0.683. The number of rotatable bonds is 3. The summed E-state index contributed by atoms with van der Waals surface area (Å²) in [6, 6.07) is 0. The van der Waals surface area contributed by atoms with Crippen LogP contribution in [0.4, 0.5) is 0 Å². The summed E-state index contributed by atoms with van der Waals surface area (Å²) >= 11 is 5.86. The van der Waals surface area contributed by atoms with E-state index in [9.17, 15) is 0 Å². The topological polar surface area (TPSA) is 17.8 Å². The lowest BCUT2D eigenvalue weighted by Crippen LogP contribution is -2.02. The van der Waals surface area contributed by atoms with Crippen LogP contribution in [-0.4, -0.2) is 9.78 Å². The Hall–Kier alpha value is -0.500. The molecule has 61 valence electrons. The Bertz CT molecular complexity index is 230. The summed E-state index contributed by atoms with van der Waals surface area (Å²) in [5.41, 5.74) is 1.11. The summed E-state index contributed by atoms with van der Waals surface area (Å²) in [6.07, 6.45) is 4.84. The largest absolute Gasteiger partial charge is 0.268 e. The summed E-state index contributed by atoms with van der Waals surface area (Å²) in [6.45, 7) is 5.05. The third-order valence-corrected chi connectivity index (χ3v) is 1.92. The first-order valence-corrected chi connectivity index (χ1v) is 4.30. The van der Waals surface area contributed by atoms with Crippen LogP contribution in [0.2, 0.25) is 5.02 Å². The maximum atomic E-state index is 5.86. The van der Waals surface area contributed by atoms with Gasteiger partial charge in [0.05, 0.1) is 10.7 Å². The van der Waals surface area contributed by atoms with Gasteiger partial charge in [0, 0.05) is 6.54 Å². The fraction of sp³-hybridized carbons (Fsp3) is 0.625. The van der Waals surface area contributed by atoms with Gasteiger partial charge in [-0.1, -0.05) is 24.9 Å². The number of halogens is 1. The summed E-state index contributed by atoms with van der Waals surface area (Å²) in [4.78, 5) is 0. The van der Waals surface area contributed by atoms with Gasteiger partial charge in [-0.2, -0.15) is 5.10 Å². The molecule has 1 radical (unpaired) electrons. The molecule has 0 unspecified atom stereocenters. The zero-order valence-electron chi connectivity index (χ0n) is 6.89. The van der Waals surface area contributed by atoms with Gasteiger partial charge in [-0.3, -0.25) is 4.68 Å². The van der Waals surface area contributed by atoms with Crippen LogP contribution in [0, 0.1) is 6.20 Å². The first-order valence-electron chi connectivity index (χ1n) is 3.92. The van der Waals surface area contributed by atoms with Crippen molar-refractivity contribution in [3.8, 4) is 0 Å². The minimum absolute atomic E-state index is 0.675. The smallest absolute Gasteiger partial charge is 0.133 e. The van der Waals surface area contributed by atoms with E-state index in [1.165, 1.54) is 0 Å². The molecular formula is C8H12ClN2. The molecule has 0 aromatic carbocycles. The normalized spacial score (nSPS) is 10.5. The fourth-order valence-corrected chi connectivity index (χ4v) is 1.31. The predicted octanol–water partition coefficient (Wildman–Crippen LogP) is 2.31. The molecule has 0 aliphatic carbocycles. The van der Waals surface area contributed by atoms with E-state index in [1.54, 1.807) is 0 Å². The van der Waals surface area contributed by atoms with Crippen molar-refractivity contribution < 1.29 is 0 Å². The Morgan fingerprint density at radius 2 is 2.27 bits per heavy atom. The number of nitrogens with zero attached hydrogens (tertiary/aromatic N) is 2. The van der Waals surface area contributed by atoms with E-state index in [4.69, 9.17) is 11.6 Å². The summed E-state index contributed by atoms with van der Waals surface area (Å²) < 4.78 is 1.89. The van der Waals surface area contributed by atoms with Crippen molar-refractivity contribution in [3.63, 3.8) is 0 Å². The van der Waals surface area contributed by atoms with Crippen molar-refractivity contribution in [2.24, 2.45) is 0 Å². The highest BCUT2D eigenvalue weighted by Crippen LogP contribution is 2.15. The summed E-state index contributed by atoms with van der Waals surface area (Å²) in [5.74, 6) is 0. The van der Waals surface area contributed by atoms with Gasteiger partial charge in [0.2, 0.25) is 0 Å². The number of aromatic nitrogens is 2. The predicted molar refractivity (Wildman–Crippen MR) is 45.7 cm³/mol. The molecule has 3 heteroatoms. The second kappa shape index (κ2) is 3.77. The first kappa shape index (κ1) is 8.60. The zero-order valence-corrected chi connectivity index (χ0v) is 7.65. The van der Waals surface area contributed by atoms with Crippen molar-refractivity contribution in [2.45, 2.75) is 33.2 Å². The SMILES string of the molecule is CCCc1c(Cl)[c]nn1CC. The van der Waals surface area contributed by atoms with Crippen LogP contribution in [0.1, 0.15) is 26.0 Å². The molecule has 2 nitrogen and oxygen atoms in total. The van der Waals surface area contributed by atoms with Crippen molar-refractivity contribution in [1.29, 1.82) is 0 Å². The molecule has 0 atom stereocenters. The monoisotopic (exact) mass is 171 g/mol. The fourth-order valence-electron chi connectivity index (χ4n) is 1.08. The number of hydrogen-bond acceptors (Lipinski definition) is 1. The van der Waals surface area contributed by atoms with Gasteiger partial charge >= 0.3 is 0 Å². The minimum atomic E-state index is 0.675. The highest BCUT2D eigenvalue weighted by atomic mass is 35.5. The van der Waals surface area contributed by atoms with E-state index in [-0.39, 0.29) is 0 Å². The molecule has 0 saturated carbocycles. The van der Waals surface area contributed by atoms with Crippen molar-refractivity contribution in [2.75, 3.05) is 0 Å². The molecular weight excluding hydrogens is 160 g/mol. The van der Waals surface area contributed by atoms with Crippen molar-refractivity contribution in [3.05, 3.63) is 16.9 Å². The lowest BCUT2D eigenvalue weighted by atomic mass is 10.2. The van der Waals surface area contributed by atoms with Crippen LogP contribution >= 0.6 is 11.6 Å². The maximum absolute atomic E-state index is 5.86. The average Bonchev–Trinajstić information content (AvgIpc) is 2.34. The molecule has 0 amide bonds. The third-order valence-electron chi connectivity index (χ3n) is 1.62. The van der Waals surface area contributed by atoms with Gasteiger partial charge < -0.3 is 0 Å². The molecule has 0 bridgehead atoms. The molecule has 0 spiro atoms. The second-order valence-electron chi connectivity index (χ2n) is 2.44. The van der Waals surface area contributed by atoms with E-state index in [0.717, 1.165) is 25.1 Å². The molecule has 0 fully saturated rings. The molecule has 0 aliphatic heterocycles. The lowest BCUT2D eigenvalue weighted by Gasteiger charge is -2.02. The van der Waals surface area contributed by atoms with E-state index < -0.39 is 0 Å². The Morgan fingerprint density at radius 1 is 1.55 bits per heavy atom. The molecule has 1 rings (SSSR count). The molecule has 11 heavy (non-hydrogen) atoms. The Kier molecular flexibility index (Phi) is 2.94. The highest BCUT2D eigenvalue weighted by molar-refractivity contribution is 6.31. The van der Waals surface area contributed by atoms with Crippen LogP contribution < -0.4 is 0 Å². The molecule has 1 heterocycles. The molecule has 1 aromatic rings. The van der Waals surface area contributed by atoms with Gasteiger partial charge in [-0.15, -0.1) is 0 Å². The molecule has 1 aromatic heterocycles. The molecule has 0 saturated heterocycles. The van der Waals surface area contributed by atoms with Gasteiger partial charge in [0.15, 0.2) is 0 Å². The Morgan fingerprint density at radius 3 is 2.82 bits per heavy atom. The van der Waals surface area contributed by atoms with Crippen molar-refractivity contribution >= 4 is 11.6 Å². The van der Waals surface area contributed by atoms with Crippen LogP contribution in [0.25, 0.3) is 0 Å². The third kappa shape index (κ3) is 1.74. The first-order chi connectivity index (χ1) is 5.29. The summed E-state index contributed by atoms with van der Waals surface area (Å²) in [7, 11) is 0. The Balaban J connectivity index is 2.88. The summed E-state index contributed by atoms with van der Waals surface area (Å²) in [5, 5.41) is 4.69. The second-order valence-corrected chi connectivity index (χ2v) is 2.82. The van der Waals surface area contributed by atoms with E-state index in [2.05, 4.69) is 25.1 Å². The van der Waals surface area contributed by atoms with Gasteiger partial charge in [-0.25, -0.2) is 0 Å². The van der Waals surface area contributed by atoms with Gasteiger partial charge in [0.25, 0.3) is 0 Å². The minimum Gasteiger partial charge on any atom is -0.268 e. The van der Waals surface area contributed by atoms with Crippen LogP contribution in [-0.2, 0) is 13.0 Å². The van der Waals surface area contributed by atoms with E-state index in [1.807, 2.05) is 4.68 Å². The van der Waals surface area contributed by atoms with E-state index >= 15 is 0 Å². The standard InChI is InChI=1S/C8H12ClN2/c1-3-5-8-7(9)6-10-11(8)4-2/h3-5H2,1-2H3. The van der Waals surface area contributed by atoms with E-state index in [0.29, 0.717) is 5.02 Å². The zero-order chi connectivity index (χ0) is 8.27. The molecule has 0 aliphatic rings. The number of aryl methyl sites for hydroxylation is 1. The Labute approximate surface area is 72.2 Å². The van der Waals surface area contributed by atoms with Crippen LogP contribution in [0.5, 0.6) is 0 Å². The highest BCUT2D eigenvalue weighted by Gasteiger charge is 2.05. The van der Waals surface area contributed by atoms with Gasteiger partial charge in [-0.05, 0) is 13.3 Å². The van der Waals surface area contributed by atoms with Crippen LogP contribution in [0.3, 0.4) is 0 Å². The average molecular weight is 172 g/mol. The maximum Gasteiger partial charge on any atom is 0.133 e. The molecule has 0 N–H and O–H groups in total. The van der Waals surface area contributed by atoms with Crippen molar-refractivity contribution in [1.82, 2.24) is 9.78 Å². The lowest BCUT2D eigenvalue weighted by molar-refractivity contribution is 0.615. The number of hydrogen-bond donors (Lipinski definition) is 0.